The molecule has 0 amide bonds. The number of ether oxygens (including phenoxy) is 2. The highest BCUT2D eigenvalue weighted by Gasteiger charge is 2.48. The summed E-state index contributed by atoms with van der Waals surface area (Å²) in [6.07, 6.45) is -8.90. The summed E-state index contributed by atoms with van der Waals surface area (Å²) < 4.78 is 10.1. The topological polar surface area (TPSA) is 154 Å². The summed E-state index contributed by atoms with van der Waals surface area (Å²) in [7, 11) is 0. The number of aromatic carboxylic acids is 1. The summed E-state index contributed by atoms with van der Waals surface area (Å²) in [5.74, 6) is -3.03. The molecule has 0 spiro atoms. The van der Waals surface area contributed by atoms with Gasteiger partial charge in [0.25, 0.3) is 0 Å². The van der Waals surface area contributed by atoms with Crippen LogP contribution in [0, 0.1) is 0 Å². The number of rotatable bonds is 4. The standard InChI is InChI=1S/C13H14O9/c14-7-8(15)10(12(19)20)22-13(9(7)16)21-6-4-2-1-3-5(6)11(17)18/h1-4,7-10,13-16H,(H,17,18)(H,19,20)/t7-,8-,9+,10-,13?/m0/s1. The van der Waals surface area contributed by atoms with Crippen LogP contribution in [-0.4, -0.2) is 68.2 Å². The molecule has 2 rings (SSSR count). The normalized spacial score (nSPS) is 31.5. The molecule has 1 unspecified atom stereocenters. The summed E-state index contributed by atoms with van der Waals surface area (Å²) >= 11 is 0. The van der Waals surface area contributed by atoms with E-state index in [1.54, 1.807) is 0 Å². The van der Waals surface area contributed by atoms with Gasteiger partial charge in [-0.15, -0.1) is 0 Å². The van der Waals surface area contributed by atoms with Gasteiger partial charge in [-0.25, -0.2) is 9.59 Å². The third-order valence-corrected chi connectivity index (χ3v) is 3.17. The summed E-state index contributed by atoms with van der Waals surface area (Å²) in [5.41, 5.74) is -0.231. The van der Waals surface area contributed by atoms with Gasteiger partial charge in [0, 0.05) is 0 Å². The summed E-state index contributed by atoms with van der Waals surface area (Å²) in [6.45, 7) is 0. The smallest absolute Gasteiger partial charge is 0.339 e. The molecule has 1 heterocycles. The molecule has 0 radical (unpaired) electrons. The van der Waals surface area contributed by atoms with Crippen molar-refractivity contribution in [3.05, 3.63) is 29.8 Å². The zero-order valence-electron chi connectivity index (χ0n) is 11.1. The highest BCUT2D eigenvalue weighted by Crippen LogP contribution is 2.26. The molecule has 5 atom stereocenters. The first-order chi connectivity index (χ1) is 10.3. The van der Waals surface area contributed by atoms with Gasteiger partial charge < -0.3 is 35.0 Å². The lowest BCUT2D eigenvalue weighted by Gasteiger charge is -2.38. The van der Waals surface area contributed by atoms with Crippen LogP contribution >= 0.6 is 0 Å². The van der Waals surface area contributed by atoms with Crippen LogP contribution in [-0.2, 0) is 9.53 Å². The number of hydrogen-bond donors (Lipinski definition) is 5. The largest absolute Gasteiger partial charge is 0.479 e. The van der Waals surface area contributed by atoms with Crippen molar-refractivity contribution in [2.75, 3.05) is 0 Å². The van der Waals surface area contributed by atoms with E-state index >= 15 is 0 Å². The number of aliphatic hydroxyl groups excluding tert-OH is 3. The van der Waals surface area contributed by atoms with Crippen LogP contribution in [0.25, 0.3) is 0 Å². The molecule has 5 N–H and O–H groups in total. The minimum atomic E-state index is -1.85. The highest BCUT2D eigenvalue weighted by atomic mass is 16.7. The summed E-state index contributed by atoms with van der Waals surface area (Å²) in [5, 5.41) is 46.9. The number of carbonyl (C=O) groups is 2. The Labute approximate surface area is 124 Å². The predicted octanol–water partition coefficient (Wildman–Crippen LogP) is -1.34. The minimum absolute atomic E-state index is 0.174. The molecule has 0 aliphatic carbocycles. The molecular weight excluding hydrogens is 300 g/mol. The van der Waals surface area contributed by atoms with Gasteiger partial charge in [-0.3, -0.25) is 0 Å². The predicted molar refractivity (Wildman–Crippen MR) is 68.3 cm³/mol. The number of hydrogen-bond acceptors (Lipinski definition) is 7. The van der Waals surface area contributed by atoms with Crippen molar-refractivity contribution in [3.63, 3.8) is 0 Å². The first kappa shape index (κ1) is 16.2. The molecule has 120 valence electrons. The molecule has 22 heavy (non-hydrogen) atoms. The Morgan fingerprint density at radius 2 is 1.64 bits per heavy atom. The molecule has 1 saturated heterocycles. The van der Waals surface area contributed by atoms with E-state index in [1.807, 2.05) is 0 Å². The number of benzene rings is 1. The Bertz CT molecular complexity index is 572. The molecular formula is C13H14O9. The van der Waals surface area contributed by atoms with Crippen molar-refractivity contribution < 1.29 is 44.6 Å². The van der Waals surface area contributed by atoms with E-state index in [2.05, 4.69) is 0 Å². The molecule has 0 saturated carbocycles. The van der Waals surface area contributed by atoms with Gasteiger partial charge in [0.2, 0.25) is 6.29 Å². The number of para-hydroxylation sites is 1. The Morgan fingerprint density at radius 1 is 1.00 bits per heavy atom. The van der Waals surface area contributed by atoms with Gasteiger partial charge in [-0.1, -0.05) is 12.1 Å². The molecule has 1 fully saturated rings. The maximum atomic E-state index is 11.1. The second kappa shape index (κ2) is 6.28. The van der Waals surface area contributed by atoms with Crippen LogP contribution in [0.15, 0.2) is 24.3 Å². The average Bonchev–Trinajstić information content (AvgIpc) is 2.47. The van der Waals surface area contributed by atoms with Gasteiger partial charge in [0.1, 0.15) is 29.6 Å². The second-order valence-electron chi connectivity index (χ2n) is 4.65. The fourth-order valence-corrected chi connectivity index (χ4v) is 2.02. The molecule has 9 nitrogen and oxygen atoms in total. The molecule has 0 aromatic heterocycles. The van der Waals surface area contributed by atoms with Gasteiger partial charge >= 0.3 is 11.9 Å². The van der Waals surface area contributed by atoms with Crippen LogP contribution in [0.3, 0.4) is 0 Å². The number of carboxylic acid groups (broad SMARTS) is 2. The SMILES string of the molecule is O=C(O)c1ccccc1OC1O[C@H](C(=O)O)[C@@H](O)[C@H](O)[C@H]1O. The van der Waals surface area contributed by atoms with Gasteiger partial charge in [-0.05, 0) is 12.1 Å². The van der Waals surface area contributed by atoms with E-state index in [1.165, 1.54) is 24.3 Å². The van der Waals surface area contributed by atoms with Crippen molar-refractivity contribution in [2.45, 2.75) is 30.7 Å². The number of aliphatic carboxylic acids is 1. The van der Waals surface area contributed by atoms with Crippen LogP contribution < -0.4 is 4.74 Å². The van der Waals surface area contributed by atoms with Gasteiger partial charge in [0.05, 0.1) is 0 Å². The summed E-state index contributed by atoms with van der Waals surface area (Å²) in [6, 6.07) is 5.45. The third kappa shape index (κ3) is 3.02. The number of carboxylic acids is 2. The Morgan fingerprint density at radius 3 is 2.23 bits per heavy atom. The van der Waals surface area contributed by atoms with E-state index in [0.29, 0.717) is 0 Å². The number of aliphatic hydroxyl groups is 3. The fraction of sp³-hybridized carbons (Fsp3) is 0.385. The molecule has 0 bridgehead atoms. The zero-order chi connectivity index (χ0) is 16.4. The molecule has 9 heteroatoms. The molecule has 1 aromatic rings. The van der Waals surface area contributed by atoms with Gasteiger partial charge in [0.15, 0.2) is 6.10 Å². The van der Waals surface area contributed by atoms with Gasteiger partial charge in [-0.2, -0.15) is 0 Å². The van der Waals surface area contributed by atoms with Crippen LogP contribution in [0.2, 0.25) is 0 Å². The lowest BCUT2D eigenvalue weighted by Crippen LogP contribution is -2.61. The van der Waals surface area contributed by atoms with E-state index < -0.39 is 42.6 Å². The van der Waals surface area contributed by atoms with E-state index in [0.717, 1.165) is 0 Å². The second-order valence-corrected chi connectivity index (χ2v) is 4.65. The van der Waals surface area contributed by atoms with Crippen molar-refractivity contribution in [1.29, 1.82) is 0 Å². The lowest BCUT2D eigenvalue weighted by atomic mass is 9.99. The monoisotopic (exact) mass is 314 g/mol. The van der Waals surface area contributed by atoms with E-state index in [-0.39, 0.29) is 11.3 Å². The van der Waals surface area contributed by atoms with Crippen LogP contribution in [0.1, 0.15) is 10.4 Å². The van der Waals surface area contributed by atoms with Crippen molar-refractivity contribution in [2.24, 2.45) is 0 Å². The first-order valence-corrected chi connectivity index (χ1v) is 6.24. The van der Waals surface area contributed by atoms with Crippen molar-refractivity contribution >= 4 is 11.9 Å². The van der Waals surface area contributed by atoms with Crippen LogP contribution in [0.5, 0.6) is 5.75 Å². The molecule has 1 aromatic carbocycles. The Balaban J connectivity index is 2.25. The average molecular weight is 314 g/mol. The summed E-state index contributed by atoms with van der Waals surface area (Å²) in [4.78, 5) is 22.0. The zero-order valence-corrected chi connectivity index (χ0v) is 11.1. The maximum Gasteiger partial charge on any atom is 0.339 e. The molecule has 1 aliphatic heterocycles. The first-order valence-electron chi connectivity index (χ1n) is 6.24. The third-order valence-electron chi connectivity index (χ3n) is 3.17. The maximum absolute atomic E-state index is 11.1. The van der Waals surface area contributed by atoms with E-state index in [9.17, 15) is 24.9 Å². The van der Waals surface area contributed by atoms with Crippen molar-refractivity contribution in [3.8, 4) is 5.75 Å². The van der Waals surface area contributed by atoms with E-state index in [4.69, 9.17) is 19.7 Å². The quantitative estimate of drug-likeness (QED) is 0.454. The Kier molecular flexibility index (Phi) is 4.62. The Hall–Kier alpha value is -2.20. The lowest BCUT2D eigenvalue weighted by molar-refractivity contribution is -0.271. The van der Waals surface area contributed by atoms with Crippen molar-refractivity contribution in [1.82, 2.24) is 0 Å². The minimum Gasteiger partial charge on any atom is -0.479 e. The molecule has 1 aliphatic rings. The fourth-order valence-electron chi connectivity index (χ4n) is 2.02. The highest BCUT2D eigenvalue weighted by molar-refractivity contribution is 5.90. The van der Waals surface area contributed by atoms with Crippen LogP contribution in [0.4, 0.5) is 0 Å².